The van der Waals surface area contributed by atoms with Gasteiger partial charge in [-0.05, 0) is 126 Å². The van der Waals surface area contributed by atoms with E-state index < -0.39 is 13.3 Å². The van der Waals surface area contributed by atoms with Gasteiger partial charge in [0.1, 0.15) is 5.58 Å². The summed E-state index contributed by atoms with van der Waals surface area (Å²) >= 11 is -1.79. The molecule has 0 amide bonds. The van der Waals surface area contributed by atoms with Crippen LogP contribution in [0.5, 0.6) is 0 Å². The molecule has 0 unspecified atom stereocenters. The fraction of sp³-hybridized carbons (Fsp3) is 0.242. The van der Waals surface area contributed by atoms with Crippen molar-refractivity contribution in [1.82, 2.24) is 14.5 Å². The third-order valence-electron chi connectivity index (χ3n) is 15.1. The van der Waals surface area contributed by atoms with Crippen LogP contribution in [0.4, 0.5) is 4.39 Å². The van der Waals surface area contributed by atoms with Gasteiger partial charge in [-0.1, -0.05) is 127 Å². The zero-order valence-corrected chi connectivity index (χ0v) is 48.2. The van der Waals surface area contributed by atoms with Crippen LogP contribution >= 0.6 is 0 Å². The van der Waals surface area contributed by atoms with Gasteiger partial charge in [0.2, 0.25) is 0 Å². The maximum Gasteiger partial charge on any atom is 0 e. The van der Waals surface area contributed by atoms with Crippen molar-refractivity contribution in [2.45, 2.75) is 102 Å². The summed E-state index contributed by atoms with van der Waals surface area (Å²) in [4.78, 5) is 9.84. The van der Waals surface area contributed by atoms with Gasteiger partial charge in [-0.15, -0.1) is 18.2 Å². The van der Waals surface area contributed by atoms with E-state index in [2.05, 4.69) is 210 Å². The monoisotopic (exact) mass is 1200 g/mol. The Balaban J connectivity index is 0.000000289. The number of benzene rings is 8. The molecule has 3 aromatic heterocycles. The van der Waals surface area contributed by atoms with Crippen molar-refractivity contribution in [2.24, 2.45) is 0 Å². The molecular formula is C66H62FGeIrN3O-2. The smallest absolute Gasteiger partial charge is 0 e. The number of rotatable bonds is 7. The first-order chi connectivity index (χ1) is 34.4. The van der Waals surface area contributed by atoms with Crippen molar-refractivity contribution < 1.29 is 28.9 Å². The second-order valence-electron chi connectivity index (χ2n) is 22.9. The number of furan rings is 1. The van der Waals surface area contributed by atoms with Gasteiger partial charge in [-0.3, -0.25) is 4.98 Å². The van der Waals surface area contributed by atoms with Crippen LogP contribution in [-0.2, 0) is 30.9 Å². The minimum Gasteiger partial charge on any atom is 0 e. The third kappa shape index (κ3) is 8.98. The van der Waals surface area contributed by atoms with Crippen LogP contribution in [0.2, 0.25) is 17.3 Å². The molecule has 0 saturated carbocycles. The van der Waals surface area contributed by atoms with Crippen LogP contribution in [0.25, 0.3) is 94.0 Å². The number of halogens is 1. The van der Waals surface area contributed by atoms with Crippen molar-refractivity contribution in [2.75, 3.05) is 0 Å². The van der Waals surface area contributed by atoms with Crippen molar-refractivity contribution in [1.29, 1.82) is 0 Å². The van der Waals surface area contributed by atoms with Gasteiger partial charge >= 0.3 is 104 Å². The van der Waals surface area contributed by atoms with Crippen LogP contribution in [0, 0.1) is 17.9 Å². The minimum atomic E-state index is -1.79. The van der Waals surface area contributed by atoms with Crippen LogP contribution in [0.15, 0.2) is 156 Å². The molecule has 3 heterocycles. The Morgan fingerprint density at radius 2 is 1.38 bits per heavy atom. The molecule has 4 nitrogen and oxygen atoms in total. The van der Waals surface area contributed by atoms with Crippen molar-refractivity contribution >= 4 is 72.2 Å². The summed E-state index contributed by atoms with van der Waals surface area (Å²) in [5.41, 5.74) is 15.6. The molecular weight excluding hydrogens is 1130 g/mol. The van der Waals surface area contributed by atoms with E-state index in [1.807, 2.05) is 18.3 Å². The van der Waals surface area contributed by atoms with E-state index in [4.69, 9.17) is 9.40 Å². The zero-order valence-electron chi connectivity index (χ0n) is 43.8. The Morgan fingerprint density at radius 1 is 0.671 bits per heavy atom. The molecule has 0 atom stereocenters. The molecule has 12 rings (SSSR count). The molecule has 1 aliphatic carbocycles. The van der Waals surface area contributed by atoms with Crippen LogP contribution in [0.3, 0.4) is 0 Å². The fourth-order valence-corrected chi connectivity index (χ4v) is 13.8. The standard InChI is InChI=1S/C52H47N2O.C14H15FGeN.Ir/c1-30(2)38-24-33(32-16-10-9-11-17-32)25-39(31(3)4)48(38)54-45-23-13-12-22-44(45)53-50(54)37-20-14-19-36-41-26-34-27-43-47-35(40(34)28-46(41)55-49(36)37)18-15-21-42(47)51(5,6)29-52(43,7)8;1-16(2,3)13-8-9-14(17-10-13)11-4-6-12(15)7-5-11;/h9-19,21-28,30-31H,29H2,1-8H3;4,6-10H,1-3H3;/q2*-1;. The van der Waals surface area contributed by atoms with Crippen molar-refractivity contribution in [3.63, 3.8) is 0 Å². The number of fused-ring (bicyclic) bond motifs is 6. The van der Waals surface area contributed by atoms with E-state index in [0.717, 1.165) is 62.0 Å². The summed E-state index contributed by atoms with van der Waals surface area (Å²) in [6, 6.07) is 57.4. The summed E-state index contributed by atoms with van der Waals surface area (Å²) in [6.45, 7) is 18.8. The number of aromatic nitrogens is 3. The summed E-state index contributed by atoms with van der Waals surface area (Å²) in [5.74, 6) is 8.13. The second-order valence-corrected chi connectivity index (χ2v) is 33.6. The number of hydrogen-bond donors (Lipinski definition) is 0. The van der Waals surface area contributed by atoms with E-state index in [9.17, 15) is 4.39 Å². The third-order valence-corrected chi connectivity index (χ3v) is 19.3. The molecule has 0 spiro atoms. The van der Waals surface area contributed by atoms with Crippen molar-refractivity contribution in [3.8, 4) is 39.5 Å². The summed E-state index contributed by atoms with van der Waals surface area (Å²) < 4.78 is 23.6. The Hall–Kier alpha value is -6.18. The number of imidazole rings is 1. The van der Waals surface area contributed by atoms with Gasteiger partial charge in [0, 0.05) is 31.2 Å². The summed E-state index contributed by atoms with van der Waals surface area (Å²) in [6.07, 6.45) is 3.06. The molecule has 11 aromatic rings. The largest absolute Gasteiger partial charge is 0 e. The Kier molecular flexibility index (Phi) is 13.1. The van der Waals surface area contributed by atoms with E-state index >= 15 is 0 Å². The molecule has 0 saturated heterocycles. The number of nitrogens with zero attached hydrogens (tertiary/aromatic N) is 3. The Morgan fingerprint density at radius 3 is 2.05 bits per heavy atom. The maximum atomic E-state index is 12.8. The Bertz CT molecular complexity index is 3850. The quantitative estimate of drug-likeness (QED) is 0.0907. The molecule has 73 heavy (non-hydrogen) atoms. The van der Waals surface area contributed by atoms with Gasteiger partial charge in [0.25, 0.3) is 0 Å². The average Bonchev–Trinajstić information content (AvgIpc) is 3.93. The van der Waals surface area contributed by atoms with Gasteiger partial charge in [-0.2, -0.15) is 0 Å². The van der Waals surface area contributed by atoms with E-state index in [1.165, 1.54) is 77.1 Å². The van der Waals surface area contributed by atoms with E-state index in [-0.39, 0.29) is 48.6 Å². The minimum absolute atomic E-state index is 0. The van der Waals surface area contributed by atoms with Gasteiger partial charge in [-0.25, -0.2) is 0 Å². The second kappa shape index (κ2) is 18.9. The van der Waals surface area contributed by atoms with E-state index in [1.54, 1.807) is 6.07 Å². The molecule has 0 aliphatic heterocycles. The molecule has 0 fully saturated rings. The van der Waals surface area contributed by atoms with Gasteiger partial charge in [0.15, 0.2) is 0 Å². The first-order valence-corrected chi connectivity index (χ1v) is 32.9. The predicted molar refractivity (Wildman–Crippen MR) is 303 cm³/mol. The molecule has 369 valence electrons. The van der Waals surface area contributed by atoms with Crippen LogP contribution in [0.1, 0.15) is 95.9 Å². The number of pyridine rings is 1. The number of para-hydroxylation sites is 2. The summed E-state index contributed by atoms with van der Waals surface area (Å²) in [5, 5.41) is 7.42. The first kappa shape index (κ1) is 50.4. The number of hydrogen-bond acceptors (Lipinski definition) is 3. The molecule has 0 bridgehead atoms. The normalized spacial score (nSPS) is 14.1. The van der Waals surface area contributed by atoms with Gasteiger partial charge in [0.05, 0.1) is 22.4 Å². The maximum absolute atomic E-state index is 12.8. The fourth-order valence-electron chi connectivity index (χ4n) is 11.6. The van der Waals surface area contributed by atoms with Crippen LogP contribution < -0.4 is 4.40 Å². The summed E-state index contributed by atoms with van der Waals surface area (Å²) in [7, 11) is 0. The SMILES string of the molecule is CC(C)c1cc(-c2ccccc2)cc(C(C)C)c1-n1c(-c2[c-]ccc3c2oc2cc4c(cc5c6c(cccc64)C(C)(C)CC5(C)C)cc23)nc2ccccc21.[CH3][Ge]([CH3])([CH3])[c]1ccc(-c2[c-]cc(F)cc2)nc1.[Ir]. The first-order valence-electron chi connectivity index (χ1n) is 25.5. The topological polar surface area (TPSA) is 43.9 Å². The van der Waals surface area contributed by atoms with Crippen LogP contribution in [-0.4, -0.2) is 27.8 Å². The molecule has 7 heteroatoms. The van der Waals surface area contributed by atoms with E-state index in [0.29, 0.717) is 0 Å². The molecule has 8 aromatic carbocycles. The van der Waals surface area contributed by atoms with Gasteiger partial charge < -0.3 is 8.98 Å². The molecule has 1 radical (unpaired) electrons. The van der Waals surface area contributed by atoms with Crippen molar-refractivity contribution in [3.05, 3.63) is 192 Å². The molecule has 1 aliphatic rings. The molecule has 0 N–H and O–H groups in total. The zero-order chi connectivity index (χ0) is 50.4. The Labute approximate surface area is 445 Å². The average molecular weight is 1200 g/mol. The predicted octanol–water partition coefficient (Wildman–Crippen LogP) is 17.8.